The Hall–Kier alpha value is -2.22. The second kappa shape index (κ2) is 7.27. The number of benzene rings is 1. The first-order valence-electron chi connectivity index (χ1n) is 5.63. The van der Waals surface area contributed by atoms with E-state index in [0.29, 0.717) is 12.1 Å². The highest BCUT2D eigenvalue weighted by atomic mass is 32.1. The van der Waals surface area contributed by atoms with Crippen molar-refractivity contribution in [2.24, 2.45) is 0 Å². The van der Waals surface area contributed by atoms with Gasteiger partial charge in [0.05, 0.1) is 4.92 Å². The molecule has 0 unspecified atom stereocenters. The minimum atomic E-state index is -0.481. The average Bonchev–Trinajstić information content (AvgIpc) is 2.37. The first-order valence-corrected chi connectivity index (χ1v) is 6.04. The van der Waals surface area contributed by atoms with Crippen molar-refractivity contribution in [2.45, 2.75) is 19.8 Å². The highest BCUT2D eigenvalue weighted by Crippen LogP contribution is 2.14. The SMILES string of the molecule is CCCC(=O)NNC(=S)Nc1ccc([N+](=O)[O-])cc1. The third kappa shape index (κ3) is 5.30. The van der Waals surface area contributed by atoms with Gasteiger partial charge in [0.15, 0.2) is 5.11 Å². The van der Waals surface area contributed by atoms with E-state index in [1.165, 1.54) is 24.3 Å². The number of nitrogens with one attached hydrogen (secondary N) is 3. The molecular weight excluding hydrogens is 268 g/mol. The molecule has 0 heterocycles. The van der Waals surface area contributed by atoms with Gasteiger partial charge in [-0.1, -0.05) is 6.92 Å². The van der Waals surface area contributed by atoms with Crippen molar-refractivity contribution in [3.05, 3.63) is 34.4 Å². The second-order valence-corrected chi connectivity index (χ2v) is 4.09. The topological polar surface area (TPSA) is 96.3 Å². The number of carbonyl (C=O) groups is 1. The Morgan fingerprint density at radius 3 is 2.47 bits per heavy atom. The number of rotatable bonds is 4. The highest BCUT2D eigenvalue weighted by Gasteiger charge is 2.05. The second-order valence-electron chi connectivity index (χ2n) is 3.68. The smallest absolute Gasteiger partial charge is 0.269 e. The quantitative estimate of drug-likeness (QED) is 0.442. The van der Waals surface area contributed by atoms with E-state index < -0.39 is 4.92 Å². The molecule has 8 heteroatoms. The molecule has 1 aromatic carbocycles. The van der Waals surface area contributed by atoms with E-state index in [2.05, 4.69) is 16.2 Å². The number of hydrogen-bond donors (Lipinski definition) is 3. The molecule has 102 valence electrons. The van der Waals surface area contributed by atoms with Crippen molar-refractivity contribution in [1.29, 1.82) is 0 Å². The van der Waals surface area contributed by atoms with Crippen molar-refractivity contribution in [2.75, 3.05) is 5.32 Å². The van der Waals surface area contributed by atoms with E-state index in [4.69, 9.17) is 12.2 Å². The van der Waals surface area contributed by atoms with Gasteiger partial charge < -0.3 is 5.32 Å². The Balaban J connectivity index is 2.44. The van der Waals surface area contributed by atoms with Crippen molar-refractivity contribution < 1.29 is 9.72 Å². The van der Waals surface area contributed by atoms with Crippen LogP contribution in [0.2, 0.25) is 0 Å². The van der Waals surface area contributed by atoms with Gasteiger partial charge >= 0.3 is 0 Å². The number of hydrogen-bond acceptors (Lipinski definition) is 4. The van der Waals surface area contributed by atoms with Gasteiger partial charge in [-0.25, -0.2) is 0 Å². The summed E-state index contributed by atoms with van der Waals surface area (Å²) in [7, 11) is 0. The molecule has 1 amide bonds. The highest BCUT2D eigenvalue weighted by molar-refractivity contribution is 7.80. The zero-order valence-corrected chi connectivity index (χ0v) is 11.1. The number of nitro benzene ring substituents is 1. The summed E-state index contributed by atoms with van der Waals surface area (Å²) in [6.07, 6.45) is 1.16. The Bertz CT molecular complexity index is 475. The lowest BCUT2D eigenvalue weighted by molar-refractivity contribution is -0.384. The van der Waals surface area contributed by atoms with Crippen molar-refractivity contribution in [1.82, 2.24) is 10.9 Å². The van der Waals surface area contributed by atoms with Gasteiger partial charge in [0.2, 0.25) is 5.91 Å². The molecule has 0 aliphatic heterocycles. The predicted octanol–water partition coefficient (Wildman–Crippen LogP) is 1.71. The summed E-state index contributed by atoms with van der Waals surface area (Å²) in [5, 5.41) is 13.5. The Morgan fingerprint density at radius 2 is 1.95 bits per heavy atom. The first kappa shape index (κ1) is 14.8. The minimum Gasteiger partial charge on any atom is -0.331 e. The number of carbonyl (C=O) groups excluding carboxylic acids is 1. The van der Waals surface area contributed by atoms with Crippen LogP contribution in [0.4, 0.5) is 11.4 Å². The summed E-state index contributed by atoms with van der Waals surface area (Å²) in [5.41, 5.74) is 5.56. The van der Waals surface area contributed by atoms with Crippen molar-refractivity contribution >= 4 is 34.6 Å². The van der Waals surface area contributed by atoms with Gasteiger partial charge in [-0.15, -0.1) is 0 Å². The van der Waals surface area contributed by atoms with Crippen LogP contribution in [0.1, 0.15) is 19.8 Å². The molecule has 7 nitrogen and oxygen atoms in total. The zero-order chi connectivity index (χ0) is 14.3. The largest absolute Gasteiger partial charge is 0.331 e. The van der Waals surface area contributed by atoms with Crippen LogP contribution in [0.25, 0.3) is 0 Å². The van der Waals surface area contributed by atoms with Gasteiger partial charge in [-0.3, -0.25) is 25.8 Å². The molecule has 0 spiro atoms. The lowest BCUT2D eigenvalue weighted by Crippen LogP contribution is -2.43. The molecule has 0 fully saturated rings. The Morgan fingerprint density at radius 1 is 1.32 bits per heavy atom. The maximum Gasteiger partial charge on any atom is 0.269 e. The summed E-state index contributed by atoms with van der Waals surface area (Å²) in [5.74, 6) is -0.157. The molecular formula is C11H14N4O3S. The lowest BCUT2D eigenvalue weighted by atomic mass is 10.3. The van der Waals surface area contributed by atoms with Crippen LogP contribution >= 0.6 is 12.2 Å². The molecule has 0 radical (unpaired) electrons. The van der Waals surface area contributed by atoms with E-state index in [1.54, 1.807) is 0 Å². The van der Waals surface area contributed by atoms with Crippen molar-refractivity contribution in [3.63, 3.8) is 0 Å². The van der Waals surface area contributed by atoms with Crippen LogP contribution in [-0.4, -0.2) is 15.9 Å². The molecule has 0 atom stereocenters. The number of anilines is 1. The summed E-state index contributed by atoms with van der Waals surface area (Å²) < 4.78 is 0. The molecule has 0 saturated carbocycles. The number of hydrazine groups is 1. The fraction of sp³-hybridized carbons (Fsp3) is 0.273. The average molecular weight is 282 g/mol. The molecule has 3 N–H and O–H groups in total. The monoisotopic (exact) mass is 282 g/mol. The number of thiocarbonyl (C=S) groups is 1. The van der Waals surface area contributed by atoms with Gasteiger partial charge in [0, 0.05) is 24.2 Å². The van der Waals surface area contributed by atoms with Crippen LogP contribution in [0.5, 0.6) is 0 Å². The van der Waals surface area contributed by atoms with Gasteiger partial charge in [-0.2, -0.15) is 0 Å². The van der Waals surface area contributed by atoms with E-state index in [9.17, 15) is 14.9 Å². The van der Waals surface area contributed by atoms with E-state index in [0.717, 1.165) is 6.42 Å². The zero-order valence-electron chi connectivity index (χ0n) is 10.3. The van der Waals surface area contributed by atoms with Crippen LogP contribution in [-0.2, 0) is 4.79 Å². The maximum atomic E-state index is 11.2. The minimum absolute atomic E-state index is 0.000626. The number of nitro groups is 1. The van der Waals surface area contributed by atoms with E-state index in [-0.39, 0.29) is 16.7 Å². The van der Waals surface area contributed by atoms with Crippen LogP contribution in [0.15, 0.2) is 24.3 Å². The lowest BCUT2D eigenvalue weighted by Gasteiger charge is -2.11. The molecule has 0 saturated heterocycles. The fourth-order valence-electron chi connectivity index (χ4n) is 1.24. The predicted molar refractivity (Wildman–Crippen MR) is 75.5 cm³/mol. The summed E-state index contributed by atoms with van der Waals surface area (Å²) in [4.78, 5) is 21.2. The first-order chi connectivity index (χ1) is 9.02. The summed E-state index contributed by atoms with van der Waals surface area (Å²) in [6.45, 7) is 1.90. The molecule has 0 aliphatic rings. The van der Waals surface area contributed by atoms with Gasteiger partial charge in [-0.05, 0) is 30.8 Å². The van der Waals surface area contributed by atoms with Crippen LogP contribution in [0.3, 0.4) is 0 Å². The molecule has 0 bridgehead atoms. The van der Waals surface area contributed by atoms with E-state index in [1.807, 2.05) is 6.92 Å². The Kier molecular flexibility index (Phi) is 5.68. The third-order valence-electron chi connectivity index (χ3n) is 2.13. The molecule has 1 aromatic rings. The Labute approximate surface area is 115 Å². The van der Waals surface area contributed by atoms with Crippen LogP contribution < -0.4 is 16.2 Å². The molecule has 19 heavy (non-hydrogen) atoms. The van der Waals surface area contributed by atoms with Gasteiger partial charge in [0.25, 0.3) is 5.69 Å². The number of amides is 1. The molecule has 0 aromatic heterocycles. The van der Waals surface area contributed by atoms with Crippen molar-refractivity contribution in [3.8, 4) is 0 Å². The maximum absolute atomic E-state index is 11.2. The molecule has 0 aliphatic carbocycles. The molecule has 1 rings (SSSR count). The van der Waals surface area contributed by atoms with E-state index >= 15 is 0 Å². The number of nitrogens with zero attached hydrogens (tertiary/aromatic N) is 1. The van der Waals surface area contributed by atoms with Crippen LogP contribution in [0, 0.1) is 10.1 Å². The summed E-state index contributed by atoms with van der Waals surface area (Å²) >= 11 is 4.95. The normalized spacial score (nSPS) is 9.53. The third-order valence-corrected chi connectivity index (χ3v) is 2.33. The standard InChI is InChI=1S/C11H14N4O3S/c1-2-3-10(16)13-14-11(19)12-8-4-6-9(7-5-8)15(17)18/h4-7H,2-3H2,1H3,(H,13,16)(H2,12,14,19). The fourth-order valence-corrected chi connectivity index (χ4v) is 1.41. The number of non-ortho nitro benzene ring substituents is 1. The van der Waals surface area contributed by atoms with Gasteiger partial charge in [0.1, 0.15) is 0 Å². The summed E-state index contributed by atoms with van der Waals surface area (Å²) in [6, 6.07) is 5.78.